The van der Waals surface area contributed by atoms with Crippen LogP contribution in [0.2, 0.25) is 0 Å². The number of nitrogens with one attached hydrogen (secondary N) is 1. The van der Waals surface area contributed by atoms with Crippen LogP contribution in [0, 0.1) is 0 Å². The summed E-state index contributed by atoms with van der Waals surface area (Å²) in [5.74, 6) is -0.394. The first kappa shape index (κ1) is 31.9. The summed E-state index contributed by atoms with van der Waals surface area (Å²) in [6.45, 7) is 9.76. The lowest BCUT2D eigenvalue weighted by molar-refractivity contribution is -0.139. The third-order valence-electron chi connectivity index (χ3n) is 7.33. The minimum absolute atomic E-state index is 0.0444. The molecule has 0 saturated carbocycles. The quantitative estimate of drug-likeness (QED) is 0.264. The van der Waals surface area contributed by atoms with Crippen LogP contribution >= 0.6 is 0 Å². The van der Waals surface area contributed by atoms with Gasteiger partial charge in [-0.2, -0.15) is 0 Å². The lowest BCUT2D eigenvalue weighted by atomic mass is 10.0. The van der Waals surface area contributed by atoms with Crippen LogP contribution in [-0.4, -0.2) is 50.3 Å². The van der Waals surface area contributed by atoms with E-state index in [2.05, 4.69) is 19.2 Å². The summed E-state index contributed by atoms with van der Waals surface area (Å²) < 4.78 is 29.0. The highest BCUT2D eigenvalue weighted by molar-refractivity contribution is 7.92. The first-order valence-corrected chi connectivity index (χ1v) is 15.8. The van der Waals surface area contributed by atoms with Crippen molar-refractivity contribution in [3.05, 3.63) is 96.1 Å². The van der Waals surface area contributed by atoms with Crippen LogP contribution in [0.15, 0.2) is 89.8 Å². The van der Waals surface area contributed by atoms with Crippen LogP contribution in [0.5, 0.6) is 0 Å². The van der Waals surface area contributed by atoms with Crippen molar-refractivity contribution in [3.8, 4) is 0 Å². The van der Waals surface area contributed by atoms with Crippen molar-refractivity contribution in [1.82, 2.24) is 10.2 Å². The summed E-state index contributed by atoms with van der Waals surface area (Å²) in [6.07, 6.45) is 1.70. The van der Waals surface area contributed by atoms with Crippen LogP contribution in [0.3, 0.4) is 0 Å². The second-order valence-electron chi connectivity index (χ2n) is 10.6. The van der Waals surface area contributed by atoms with Crippen molar-refractivity contribution in [2.45, 2.75) is 76.8 Å². The Labute approximate surface area is 245 Å². The van der Waals surface area contributed by atoms with Gasteiger partial charge in [0.05, 0.1) is 10.6 Å². The summed E-state index contributed by atoms with van der Waals surface area (Å²) in [5.41, 5.74) is 2.49. The number of amides is 2. The number of sulfonamides is 1. The van der Waals surface area contributed by atoms with Crippen LogP contribution in [0.1, 0.15) is 64.5 Å². The van der Waals surface area contributed by atoms with Crippen LogP contribution in [-0.2, 0) is 26.0 Å². The zero-order valence-corrected chi connectivity index (χ0v) is 25.6. The zero-order chi connectivity index (χ0) is 30.0. The van der Waals surface area contributed by atoms with Crippen LogP contribution in [0.4, 0.5) is 5.69 Å². The van der Waals surface area contributed by atoms with Gasteiger partial charge < -0.3 is 10.2 Å². The minimum atomic E-state index is -4.07. The molecule has 0 saturated heterocycles. The highest BCUT2D eigenvalue weighted by Crippen LogP contribution is 2.26. The number of hydrogen-bond acceptors (Lipinski definition) is 4. The number of rotatable bonds is 14. The summed E-state index contributed by atoms with van der Waals surface area (Å²) in [7, 11) is -4.07. The fourth-order valence-electron chi connectivity index (χ4n) is 4.61. The molecule has 0 fully saturated rings. The second-order valence-corrected chi connectivity index (χ2v) is 12.5. The van der Waals surface area contributed by atoms with Crippen molar-refractivity contribution in [1.29, 1.82) is 0 Å². The molecule has 3 aromatic carbocycles. The van der Waals surface area contributed by atoms with Gasteiger partial charge in [-0.15, -0.1) is 0 Å². The van der Waals surface area contributed by atoms with Crippen LogP contribution < -0.4 is 9.62 Å². The van der Waals surface area contributed by atoms with Gasteiger partial charge in [0.2, 0.25) is 11.8 Å². The third kappa shape index (κ3) is 8.43. The van der Waals surface area contributed by atoms with Crippen molar-refractivity contribution < 1.29 is 18.0 Å². The van der Waals surface area contributed by atoms with E-state index in [0.29, 0.717) is 18.5 Å². The van der Waals surface area contributed by atoms with Gasteiger partial charge in [-0.25, -0.2) is 8.42 Å². The number of hydrogen-bond donors (Lipinski definition) is 1. The molecule has 3 aromatic rings. The number of anilines is 1. The lowest BCUT2D eigenvalue weighted by Gasteiger charge is -2.33. The van der Waals surface area contributed by atoms with E-state index in [1.54, 1.807) is 35.2 Å². The van der Waals surface area contributed by atoms with Gasteiger partial charge in [-0.05, 0) is 67.5 Å². The maximum atomic E-state index is 14.1. The number of nitrogens with zero attached hydrogens (tertiary/aromatic N) is 2. The fraction of sp³-hybridized carbons (Fsp3) is 0.394. The molecular weight excluding hydrogens is 534 g/mol. The van der Waals surface area contributed by atoms with E-state index in [0.717, 1.165) is 21.9 Å². The van der Waals surface area contributed by atoms with Crippen molar-refractivity contribution >= 4 is 27.5 Å². The van der Waals surface area contributed by atoms with E-state index in [1.165, 1.54) is 12.1 Å². The molecule has 2 amide bonds. The smallest absolute Gasteiger partial charge is 0.264 e. The monoisotopic (exact) mass is 577 g/mol. The topological polar surface area (TPSA) is 86.8 Å². The highest BCUT2D eigenvalue weighted by atomic mass is 32.2. The Morgan fingerprint density at radius 3 is 1.93 bits per heavy atom. The highest BCUT2D eigenvalue weighted by Gasteiger charge is 2.33. The van der Waals surface area contributed by atoms with Crippen LogP contribution in [0.25, 0.3) is 0 Å². The number of carbonyl (C=O) groups is 2. The Kier molecular flexibility index (Phi) is 11.5. The molecule has 0 heterocycles. The molecule has 0 aliphatic rings. The Morgan fingerprint density at radius 1 is 0.805 bits per heavy atom. The van der Waals surface area contributed by atoms with Gasteiger partial charge in [-0.3, -0.25) is 13.9 Å². The predicted octanol–water partition coefficient (Wildman–Crippen LogP) is 5.77. The molecular formula is C33H43N3O4S. The first-order valence-electron chi connectivity index (χ1n) is 14.4. The molecule has 3 rings (SSSR count). The molecule has 0 aromatic heterocycles. The van der Waals surface area contributed by atoms with E-state index in [1.807, 2.05) is 63.2 Å². The summed E-state index contributed by atoms with van der Waals surface area (Å²) in [6, 6.07) is 24.4. The summed E-state index contributed by atoms with van der Waals surface area (Å²) in [4.78, 5) is 29.1. The van der Waals surface area contributed by atoms with E-state index < -0.39 is 28.5 Å². The number of carbonyl (C=O) groups excluding carboxylic acids is 2. The zero-order valence-electron chi connectivity index (χ0n) is 24.8. The van der Waals surface area contributed by atoms with Gasteiger partial charge in [0.15, 0.2) is 0 Å². The molecule has 41 heavy (non-hydrogen) atoms. The first-order chi connectivity index (χ1) is 19.6. The average molecular weight is 578 g/mol. The van der Waals surface area contributed by atoms with Gasteiger partial charge in [0, 0.05) is 12.6 Å². The Balaban J connectivity index is 2.01. The van der Waals surface area contributed by atoms with E-state index >= 15 is 0 Å². The van der Waals surface area contributed by atoms with Gasteiger partial charge in [0.25, 0.3) is 10.0 Å². The molecule has 0 bridgehead atoms. The Morgan fingerprint density at radius 2 is 1.39 bits per heavy atom. The molecule has 0 unspecified atom stereocenters. The molecule has 0 aliphatic heterocycles. The van der Waals surface area contributed by atoms with E-state index in [9.17, 15) is 18.0 Å². The molecule has 220 valence electrons. The molecule has 7 nitrogen and oxygen atoms in total. The molecule has 2 atom stereocenters. The summed E-state index contributed by atoms with van der Waals surface area (Å²) >= 11 is 0. The molecule has 0 aliphatic carbocycles. The Bertz CT molecular complexity index is 1360. The summed E-state index contributed by atoms with van der Waals surface area (Å²) in [5, 5.41) is 3.01. The predicted molar refractivity (Wildman–Crippen MR) is 165 cm³/mol. The van der Waals surface area contributed by atoms with Gasteiger partial charge in [-0.1, -0.05) is 88.4 Å². The van der Waals surface area contributed by atoms with Gasteiger partial charge in [0.1, 0.15) is 12.6 Å². The Hall–Kier alpha value is -3.65. The standard InChI is InChI=1S/C33H43N3O4S/c1-6-26(5)34-33(38)31(7-2)35(23-22-27-14-10-8-11-15-27)32(37)24-36(29-20-18-28(19-21-29)25(3)4)41(39,40)30-16-12-9-13-17-30/h8-21,25-26,31H,6-7,22-24H2,1-5H3,(H,34,38)/t26-,31-/m0/s1. The maximum Gasteiger partial charge on any atom is 0.264 e. The molecule has 0 radical (unpaired) electrons. The minimum Gasteiger partial charge on any atom is -0.352 e. The normalized spacial score (nSPS) is 12.9. The third-order valence-corrected chi connectivity index (χ3v) is 9.12. The van der Waals surface area contributed by atoms with Crippen molar-refractivity contribution in [3.63, 3.8) is 0 Å². The number of benzene rings is 3. The second kappa shape index (κ2) is 14.8. The maximum absolute atomic E-state index is 14.1. The molecule has 1 N–H and O–H groups in total. The van der Waals surface area contributed by atoms with Crippen molar-refractivity contribution in [2.75, 3.05) is 17.4 Å². The molecule has 0 spiro atoms. The van der Waals surface area contributed by atoms with E-state index in [-0.39, 0.29) is 29.3 Å². The largest absolute Gasteiger partial charge is 0.352 e. The van der Waals surface area contributed by atoms with E-state index in [4.69, 9.17) is 0 Å². The van der Waals surface area contributed by atoms with Gasteiger partial charge >= 0.3 is 0 Å². The van der Waals surface area contributed by atoms with Crippen molar-refractivity contribution in [2.24, 2.45) is 0 Å². The SMILES string of the molecule is CC[C@H](C)NC(=O)[C@H](CC)N(CCc1ccccc1)C(=O)CN(c1ccc(C(C)C)cc1)S(=O)(=O)c1ccccc1. The fourth-order valence-corrected chi connectivity index (χ4v) is 6.05. The molecule has 8 heteroatoms. The average Bonchev–Trinajstić information content (AvgIpc) is 2.98. The lowest BCUT2D eigenvalue weighted by Crippen LogP contribution is -2.54.